The summed E-state index contributed by atoms with van der Waals surface area (Å²) >= 11 is 0. The van der Waals surface area contributed by atoms with Crippen molar-refractivity contribution in [2.45, 2.75) is 19.3 Å². The van der Waals surface area contributed by atoms with Crippen LogP contribution in [0.5, 0.6) is 0 Å². The van der Waals surface area contributed by atoms with Crippen molar-refractivity contribution in [3.63, 3.8) is 0 Å². The fourth-order valence-corrected chi connectivity index (χ4v) is 2.32. The second-order valence-electron chi connectivity index (χ2n) is 5.02. The van der Waals surface area contributed by atoms with Crippen molar-refractivity contribution in [1.29, 1.82) is 0 Å². The molecular weight excluding hydrogens is 252 g/mol. The number of hydrogen-bond donors (Lipinski definition) is 1. The number of nitrogens with zero attached hydrogens (tertiary/aromatic N) is 3. The molecule has 1 aliphatic heterocycles. The van der Waals surface area contributed by atoms with Crippen molar-refractivity contribution in [2.24, 2.45) is 10.8 Å². The van der Waals surface area contributed by atoms with Crippen LogP contribution in [0.2, 0.25) is 0 Å². The number of nitrogens with two attached hydrogens (primary N) is 1. The molecule has 0 aromatic heterocycles. The van der Waals surface area contributed by atoms with Crippen molar-refractivity contribution < 1.29 is 4.79 Å². The van der Waals surface area contributed by atoms with Crippen LogP contribution in [0.15, 0.2) is 35.4 Å². The molecule has 1 heterocycles. The third-order valence-corrected chi connectivity index (χ3v) is 3.48. The summed E-state index contributed by atoms with van der Waals surface area (Å²) in [7, 11) is 0. The zero-order valence-electron chi connectivity index (χ0n) is 11.7. The van der Waals surface area contributed by atoms with E-state index in [1.54, 1.807) is 6.21 Å². The topological polar surface area (TPSA) is 61.9 Å². The highest BCUT2D eigenvalue weighted by atomic mass is 16.2. The van der Waals surface area contributed by atoms with Crippen LogP contribution in [0.25, 0.3) is 0 Å². The molecule has 1 aromatic rings. The average molecular weight is 274 g/mol. The first-order valence-corrected chi connectivity index (χ1v) is 7.14. The molecule has 2 rings (SSSR count). The number of hydrazone groups is 1. The summed E-state index contributed by atoms with van der Waals surface area (Å²) in [6.45, 7) is 3.58. The molecule has 0 unspecified atom stereocenters. The number of hydrogen-bond acceptors (Lipinski definition) is 3. The molecule has 0 bridgehead atoms. The van der Waals surface area contributed by atoms with E-state index in [1.807, 2.05) is 30.3 Å². The fraction of sp³-hybridized carbons (Fsp3) is 0.467. The maximum absolute atomic E-state index is 11.4. The Morgan fingerprint density at radius 1 is 1.25 bits per heavy atom. The summed E-state index contributed by atoms with van der Waals surface area (Å²) in [6.07, 6.45) is 5.46. The number of likely N-dealkylation sites (tertiary alicyclic amines) is 1. The van der Waals surface area contributed by atoms with E-state index >= 15 is 0 Å². The first kappa shape index (κ1) is 14.5. The molecule has 0 atom stereocenters. The Balaban J connectivity index is 1.87. The van der Waals surface area contributed by atoms with Gasteiger partial charge in [-0.3, -0.25) is 0 Å². The van der Waals surface area contributed by atoms with E-state index in [-0.39, 0.29) is 0 Å². The molecule has 0 spiro atoms. The van der Waals surface area contributed by atoms with Gasteiger partial charge in [-0.1, -0.05) is 36.8 Å². The maximum Gasteiger partial charge on any atom is 0.335 e. The number of piperidine rings is 1. The second-order valence-corrected chi connectivity index (χ2v) is 5.02. The van der Waals surface area contributed by atoms with Gasteiger partial charge in [0.1, 0.15) is 0 Å². The van der Waals surface area contributed by atoms with Crippen LogP contribution < -0.4 is 5.73 Å². The largest absolute Gasteiger partial charge is 0.350 e. The van der Waals surface area contributed by atoms with E-state index in [2.05, 4.69) is 10.0 Å². The Bertz CT molecular complexity index is 440. The molecule has 1 aromatic carbocycles. The smallest absolute Gasteiger partial charge is 0.335 e. The summed E-state index contributed by atoms with van der Waals surface area (Å²) in [4.78, 5) is 13.8. The van der Waals surface area contributed by atoms with Crippen LogP contribution in [-0.4, -0.2) is 48.3 Å². The number of benzene rings is 1. The van der Waals surface area contributed by atoms with Gasteiger partial charge in [-0.05, 0) is 31.5 Å². The first-order chi connectivity index (χ1) is 9.75. The average Bonchev–Trinajstić information content (AvgIpc) is 2.49. The molecular formula is C15H22N4O. The summed E-state index contributed by atoms with van der Waals surface area (Å²) < 4.78 is 0. The van der Waals surface area contributed by atoms with Gasteiger partial charge in [-0.2, -0.15) is 5.10 Å². The molecule has 0 saturated carbocycles. The van der Waals surface area contributed by atoms with Gasteiger partial charge in [-0.15, -0.1) is 0 Å². The third-order valence-electron chi connectivity index (χ3n) is 3.48. The van der Waals surface area contributed by atoms with Crippen LogP contribution in [0.4, 0.5) is 4.79 Å². The van der Waals surface area contributed by atoms with Crippen LogP contribution in [0.3, 0.4) is 0 Å². The van der Waals surface area contributed by atoms with Crippen LogP contribution in [0, 0.1) is 0 Å². The molecule has 2 amide bonds. The summed E-state index contributed by atoms with van der Waals surface area (Å²) in [5, 5.41) is 5.52. The van der Waals surface area contributed by atoms with Crippen LogP contribution in [-0.2, 0) is 0 Å². The molecule has 5 heteroatoms. The SMILES string of the molecule is NC(=O)N(CCN1CCCCC1)N=Cc1ccccc1. The van der Waals surface area contributed by atoms with Gasteiger partial charge >= 0.3 is 6.03 Å². The predicted octanol–water partition coefficient (Wildman–Crippen LogP) is 1.89. The number of carbonyl (C=O) groups is 1. The summed E-state index contributed by atoms with van der Waals surface area (Å²) in [6, 6.07) is 9.18. The summed E-state index contributed by atoms with van der Waals surface area (Å²) in [5.41, 5.74) is 6.33. The fourth-order valence-electron chi connectivity index (χ4n) is 2.32. The van der Waals surface area contributed by atoms with Gasteiger partial charge in [0.2, 0.25) is 0 Å². The highest BCUT2D eigenvalue weighted by Crippen LogP contribution is 2.08. The van der Waals surface area contributed by atoms with E-state index < -0.39 is 6.03 Å². The summed E-state index contributed by atoms with van der Waals surface area (Å²) in [5.74, 6) is 0. The minimum atomic E-state index is -0.505. The minimum absolute atomic E-state index is 0.505. The lowest BCUT2D eigenvalue weighted by atomic mass is 10.1. The third kappa shape index (κ3) is 4.66. The molecule has 20 heavy (non-hydrogen) atoms. The lowest BCUT2D eigenvalue weighted by Gasteiger charge is -2.27. The second kappa shape index (κ2) is 7.65. The molecule has 0 aliphatic carbocycles. The van der Waals surface area contributed by atoms with E-state index in [1.165, 1.54) is 24.3 Å². The van der Waals surface area contributed by atoms with Gasteiger partial charge in [0.25, 0.3) is 0 Å². The van der Waals surface area contributed by atoms with Gasteiger partial charge < -0.3 is 10.6 Å². The number of rotatable bonds is 5. The molecule has 1 fully saturated rings. The minimum Gasteiger partial charge on any atom is -0.350 e. The highest BCUT2D eigenvalue weighted by molar-refractivity contribution is 5.81. The van der Waals surface area contributed by atoms with Gasteiger partial charge in [0.15, 0.2) is 0 Å². The van der Waals surface area contributed by atoms with Gasteiger partial charge in [-0.25, -0.2) is 9.80 Å². The predicted molar refractivity (Wildman–Crippen MR) is 80.6 cm³/mol. The van der Waals surface area contributed by atoms with Gasteiger partial charge in [0.05, 0.1) is 12.8 Å². The van der Waals surface area contributed by atoms with Gasteiger partial charge in [0, 0.05) is 6.54 Å². The molecule has 0 radical (unpaired) electrons. The maximum atomic E-state index is 11.4. The monoisotopic (exact) mass is 274 g/mol. The number of amides is 2. The van der Waals surface area contributed by atoms with Crippen LogP contribution in [0.1, 0.15) is 24.8 Å². The number of primary amides is 1. The molecule has 1 saturated heterocycles. The highest BCUT2D eigenvalue weighted by Gasteiger charge is 2.13. The lowest BCUT2D eigenvalue weighted by molar-refractivity contribution is 0.181. The Morgan fingerprint density at radius 3 is 2.60 bits per heavy atom. The normalized spacial score (nSPS) is 16.4. The van der Waals surface area contributed by atoms with E-state index in [9.17, 15) is 4.79 Å². The Labute approximate surface area is 120 Å². The number of urea groups is 1. The zero-order valence-corrected chi connectivity index (χ0v) is 11.7. The van der Waals surface area contributed by atoms with Crippen molar-refractivity contribution in [3.8, 4) is 0 Å². The zero-order chi connectivity index (χ0) is 14.2. The standard InChI is InChI=1S/C15H22N4O/c16-15(20)19(12-11-18-9-5-2-6-10-18)17-13-14-7-3-1-4-8-14/h1,3-4,7-8,13H,2,5-6,9-12H2,(H2,16,20). The first-order valence-electron chi connectivity index (χ1n) is 7.14. The van der Waals surface area contributed by atoms with E-state index in [0.717, 1.165) is 25.2 Å². The quantitative estimate of drug-likeness (QED) is 0.658. The van der Waals surface area contributed by atoms with E-state index in [0.29, 0.717) is 6.54 Å². The number of carbonyl (C=O) groups excluding carboxylic acids is 1. The molecule has 1 aliphatic rings. The Hall–Kier alpha value is -1.88. The Kier molecular flexibility index (Phi) is 5.55. The van der Waals surface area contributed by atoms with Crippen molar-refractivity contribution >= 4 is 12.2 Å². The van der Waals surface area contributed by atoms with Crippen molar-refractivity contribution in [3.05, 3.63) is 35.9 Å². The Morgan fingerprint density at radius 2 is 1.95 bits per heavy atom. The molecule has 5 nitrogen and oxygen atoms in total. The molecule has 108 valence electrons. The van der Waals surface area contributed by atoms with Crippen molar-refractivity contribution in [2.75, 3.05) is 26.2 Å². The van der Waals surface area contributed by atoms with E-state index in [4.69, 9.17) is 5.73 Å². The van der Waals surface area contributed by atoms with Crippen LogP contribution >= 0.6 is 0 Å². The molecule has 2 N–H and O–H groups in total. The van der Waals surface area contributed by atoms with Crippen molar-refractivity contribution in [1.82, 2.24) is 9.91 Å². The lowest BCUT2D eigenvalue weighted by Crippen LogP contribution is -2.40.